The van der Waals surface area contributed by atoms with E-state index in [1.807, 2.05) is 24.3 Å². The van der Waals surface area contributed by atoms with Crippen molar-refractivity contribution in [2.75, 3.05) is 7.11 Å². The van der Waals surface area contributed by atoms with Gasteiger partial charge >= 0.3 is 0 Å². The van der Waals surface area contributed by atoms with Crippen LogP contribution < -0.4 is 9.92 Å². The lowest BCUT2D eigenvalue weighted by molar-refractivity contribution is 0.414. The lowest BCUT2D eigenvalue weighted by Gasteiger charge is -2.06. The van der Waals surface area contributed by atoms with E-state index >= 15 is 0 Å². The molecular formula is C17H18OSi. The highest BCUT2D eigenvalue weighted by molar-refractivity contribution is 6.71. The molecule has 1 nitrogen and oxygen atoms in total. The lowest BCUT2D eigenvalue weighted by atomic mass is 10.2. The van der Waals surface area contributed by atoms with E-state index in [4.69, 9.17) is 4.74 Å². The van der Waals surface area contributed by atoms with Crippen LogP contribution in [0.5, 0.6) is 5.75 Å². The van der Waals surface area contributed by atoms with Crippen molar-refractivity contribution in [1.29, 1.82) is 0 Å². The molecule has 0 aliphatic rings. The first kappa shape index (κ1) is 13.4. The van der Waals surface area contributed by atoms with Crippen LogP contribution in [0.2, 0.25) is 13.1 Å². The fraction of sp³-hybridized carbons (Fsp3) is 0.176. The average Bonchev–Trinajstić information content (AvgIpc) is 2.45. The van der Waals surface area contributed by atoms with E-state index in [0.29, 0.717) is 0 Å². The van der Waals surface area contributed by atoms with Gasteiger partial charge in [-0.05, 0) is 29.5 Å². The van der Waals surface area contributed by atoms with E-state index in [1.54, 1.807) is 7.11 Å². The summed E-state index contributed by atoms with van der Waals surface area (Å²) in [5, 5.41) is 1.43. The first-order valence-corrected chi connectivity index (χ1v) is 9.34. The SMILES string of the molecule is COc1cccc(C#Cc2ccccc2[SiH](C)C)c1. The Balaban J connectivity index is 2.33. The first-order valence-electron chi connectivity index (χ1n) is 6.45. The molecule has 0 saturated heterocycles. The van der Waals surface area contributed by atoms with Gasteiger partial charge in [-0.1, -0.05) is 49.2 Å². The third kappa shape index (κ3) is 3.49. The van der Waals surface area contributed by atoms with Crippen molar-refractivity contribution >= 4 is 14.0 Å². The molecule has 0 heterocycles. The minimum atomic E-state index is -0.837. The normalized spacial score (nSPS) is 9.89. The summed E-state index contributed by atoms with van der Waals surface area (Å²) in [6, 6.07) is 16.3. The van der Waals surface area contributed by atoms with Crippen LogP contribution in [0.3, 0.4) is 0 Å². The molecule has 2 rings (SSSR count). The van der Waals surface area contributed by atoms with Crippen LogP contribution in [-0.4, -0.2) is 15.9 Å². The molecule has 2 aromatic rings. The van der Waals surface area contributed by atoms with Crippen molar-refractivity contribution in [3.05, 3.63) is 59.7 Å². The van der Waals surface area contributed by atoms with Crippen molar-refractivity contribution < 1.29 is 4.74 Å². The minimum absolute atomic E-state index is 0.837. The second-order valence-electron chi connectivity index (χ2n) is 4.72. The van der Waals surface area contributed by atoms with Gasteiger partial charge in [-0.2, -0.15) is 0 Å². The summed E-state index contributed by atoms with van der Waals surface area (Å²) < 4.78 is 5.21. The summed E-state index contributed by atoms with van der Waals surface area (Å²) >= 11 is 0. The molecule has 0 aromatic heterocycles. The standard InChI is InChI=1S/C17H18OSi/c1-18-16-9-6-7-14(13-16)11-12-15-8-4-5-10-17(15)19(2)3/h4-10,13,19H,1-3H3. The maximum Gasteiger partial charge on any atom is 0.120 e. The number of hydrogen-bond donors (Lipinski definition) is 0. The van der Waals surface area contributed by atoms with Crippen molar-refractivity contribution in [2.45, 2.75) is 13.1 Å². The summed E-state index contributed by atoms with van der Waals surface area (Å²) in [6.45, 7) is 4.65. The molecule has 0 saturated carbocycles. The van der Waals surface area contributed by atoms with E-state index in [1.165, 1.54) is 5.19 Å². The average molecular weight is 266 g/mol. The van der Waals surface area contributed by atoms with Crippen LogP contribution in [0, 0.1) is 11.8 Å². The van der Waals surface area contributed by atoms with Crippen molar-refractivity contribution in [2.24, 2.45) is 0 Å². The molecule has 0 radical (unpaired) electrons. The summed E-state index contributed by atoms with van der Waals surface area (Å²) in [6.07, 6.45) is 0. The van der Waals surface area contributed by atoms with E-state index in [0.717, 1.165) is 16.9 Å². The summed E-state index contributed by atoms with van der Waals surface area (Å²) in [5.41, 5.74) is 2.14. The fourth-order valence-corrected chi connectivity index (χ4v) is 3.24. The molecule has 0 amide bonds. The Bertz CT molecular complexity index is 620. The number of hydrogen-bond acceptors (Lipinski definition) is 1. The van der Waals surface area contributed by atoms with E-state index in [9.17, 15) is 0 Å². The van der Waals surface area contributed by atoms with Crippen molar-refractivity contribution in [3.8, 4) is 17.6 Å². The monoisotopic (exact) mass is 266 g/mol. The zero-order chi connectivity index (χ0) is 13.7. The molecule has 2 heteroatoms. The molecule has 0 fully saturated rings. The Morgan fingerprint density at radius 1 is 0.947 bits per heavy atom. The summed E-state index contributed by atoms with van der Waals surface area (Å²) in [5.74, 6) is 7.36. The third-order valence-corrected chi connectivity index (χ3v) is 4.74. The number of methoxy groups -OCH3 is 1. The highest BCUT2D eigenvalue weighted by atomic mass is 28.3. The molecule has 2 aromatic carbocycles. The second-order valence-corrected chi connectivity index (χ2v) is 7.66. The molecule has 96 valence electrons. The van der Waals surface area contributed by atoms with Gasteiger partial charge in [-0.25, -0.2) is 0 Å². The maximum atomic E-state index is 5.21. The van der Waals surface area contributed by atoms with E-state index < -0.39 is 8.80 Å². The van der Waals surface area contributed by atoms with Gasteiger partial charge in [0.25, 0.3) is 0 Å². The Morgan fingerprint density at radius 2 is 1.74 bits per heavy atom. The quantitative estimate of drug-likeness (QED) is 0.600. The molecule has 19 heavy (non-hydrogen) atoms. The zero-order valence-corrected chi connectivity index (χ0v) is 12.8. The Labute approximate surface area is 116 Å². The molecule has 0 aliphatic carbocycles. The highest BCUT2D eigenvalue weighted by Crippen LogP contribution is 2.11. The molecule has 0 unspecified atom stereocenters. The molecule has 0 N–H and O–H groups in total. The molecule has 0 spiro atoms. The largest absolute Gasteiger partial charge is 0.497 e. The minimum Gasteiger partial charge on any atom is -0.497 e. The Morgan fingerprint density at radius 3 is 2.47 bits per heavy atom. The Kier molecular flexibility index (Phi) is 4.43. The van der Waals surface area contributed by atoms with Gasteiger partial charge in [0, 0.05) is 11.1 Å². The Hall–Kier alpha value is -1.98. The summed E-state index contributed by atoms with van der Waals surface area (Å²) in [4.78, 5) is 0. The predicted molar refractivity (Wildman–Crippen MR) is 83.9 cm³/mol. The van der Waals surface area contributed by atoms with Crippen molar-refractivity contribution in [3.63, 3.8) is 0 Å². The van der Waals surface area contributed by atoms with Crippen LogP contribution >= 0.6 is 0 Å². The topological polar surface area (TPSA) is 9.23 Å². The van der Waals surface area contributed by atoms with Crippen LogP contribution in [0.1, 0.15) is 11.1 Å². The fourth-order valence-electron chi connectivity index (χ4n) is 1.95. The highest BCUT2D eigenvalue weighted by Gasteiger charge is 2.04. The smallest absolute Gasteiger partial charge is 0.120 e. The second kappa shape index (κ2) is 6.26. The third-order valence-electron chi connectivity index (χ3n) is 2.99. The van der Waals surface area contributed by atoms with Gasteiger partial charge in [-0.3, -0.25) is 0 Å². The summed E-state index contributed by atoms with van der Waals surface area (Å²) in [7, 11) is 0.836. The molecule has 0 atom stereocenters. The van der Waals surface area contributed by atoms with Gasteiger partial charge < -0.3 is 4.74 Å². The van der Waals surface area contributed by atoms with Gasteiger partial charge in [0.05, 0.1) is 15.9 Å². The first-order chi connectivity index (χ1) is 9.20. The molecule has 0 aliphatic heterocycles. The lowest BCUT2D eigenvalue weighted by Crippen LogP contribution is -2.25. The zero-order valence-electron chi connectivity index (χ0n) is 11.6. The number of rotatable bonds is 2. The number of benzene rings is 2. The van der Waals surface area contributed by atoms with Crippen LogP contribution in [0.4, 0.5) is 0 Å². The van der Waals surface area contributed by atoms with Crippen LogP contribution in [-0.2, 0) is 0 Å². The van der Waals surface area contributed by atoms with E-state index in [2.05, 4.69) is 49.2 Å². The van der Waals surface area contributed by atoms with Crippen molar-refractivity contribution in [1.82, 2.24) is 0 Å². The van der Waals surface area contributed by atoms with E-state index in [-0.39, 0.29) is 0 Å². The van der Waals surface area contributed by atoms with Crippen LogP contribution in [0.15, 0.2) is 48.5 Å². The van der Waals surface area contributed by atoms with Gasteiger partial charge in [0.2, 0.25) is 0 Å². The molecular weight excluding hydrogens is 248 g/mol. The molecule has 0 bridgehead atoms. The van der Waals surface area contributed by atoms with Gasteiger partial charge in [0.15, 0.2) is 0 Å². The predicted octanol–water partition coefficient (Wildman–Crippen LogP) is 2.79. The van der Waals surface area contributed by atoms with Gasteiger partial charge in [-0.15, -0.1) is 0 Å². The van der Waals surface area contributed by atoms with Gasteiger partial charge in [0.1, 0.15) is 5.75 Å². The maximum absolute atomic E-state index is 5.21. The van der Waals surface area contributed by atoms with Crippen LogP contribution in [0.25, 0.3) is 0 Å². The number of ether oxygens (including phenoxy) is 1.